The highest BCUT2D eigenvalue weighted by Crippen LogP contribution is 2.32. The predicted molar refractivity (Wildman–Crippen MR) is 86.3 cm³/mol. The van der Waals surface area contributed by atoms with Gasteiger partial charge in [-0.3, -0.25) is 4.90 Å². The SMILES string of the molecule is CC(C)(C)N(C(=O)O)C1CCCN(c2ccc(C(F)(F)F)cc2)C1. The van der Waals surface area contributed by atoms with E-state index in [1.165, 1.54) is 17.0 Å². The van der Waals surface area contributed by atoms with Crippen molar-refractivity contribution in [1.29, 1.82) is 0 Å². The van der Waals surface area contributed by atoms with Crippen molar-refractivity contribution in [3.63, 3.8) is 0 Å². The fourth-order valence-corrected chi connectivity index (χ4v) is 3.25. The van der Waals surface area contributed by atoms with E-state index in [0.29, 0.717) is 18.8 Å². The van der Waals surface area contributed by atoms with Crippen LogP contribution in [0.3, 0.4) is 0 Å². The Kier molecular flexibility index (Phi) is 5.01. The van der Waals surface area contributed by atoms with Crippen LogP contribution >= 0.6 is 0 Å². The molecule has 134 valence electrons. The van der Waals surface area contributed by atoms with Crippen molar-refractivity contribution < 1.29 is 23.1 Å². The summed E-state index contributed by atoms with van der Waals surface area (Å²) in [6, 6.07) is 4.86. The van der Waals surface area contributed by atoms with Crippen LogP contribution in [0.2, 0.25) is 0 Å². The van der Waals surface area contributed by atoms with Gasteiger partial charge in [0.05, 0.1) is 11.6 Å². The summed E-state index contributed by atoms with van der Waals surface area (Å²) in [6.07, 6.45) is -3.77. The second-order valence-electron chi connectivity index (χ2n) is 7.11. The molecular formula is C17H23F3N2O2. The summed E-state index contributed by atoms with van der Waals surface area (Å²) in [7, 11) is 0. The Morgan fingerprint density at radius 1 is 1.21 bits per heavy atom. The smallest absolute Gasteiger partial charge is 0.416 e. The first-order valence-electron chi connectivity index (χ1n) is 7.94. The number of carbonyl (C=O) groups is 1. The topological polar surface area (TPSA) is 43.8 Å². The largest absolute Gasteiger partial charge is 0.465 e. The van der Waals surface area contributed by atoms with E-state index >= 15 is 0 Å². The Labute approximate surface area is 139 Å². The summed E-state index contributed by atoms with van der Waals surface area (Å²) >= 11 is 0. The zero-order chi connectivity index (χ0) is 18.1. The molecule has 1 aliphatic heterocycles. The van der Waals surface area contributed by atoms with E-state index in [0.717, 1.165) is 25.0 Å². The van der Waals surface area contributed by atoms with Gasteiger partial charge in [0, 0.05) is 24.3 Å². The fraction of sp³-hybridized carbons (Fsp3) is 0.588. The summed E-state index contributed by atoms with van der Waals surface area (Å²) in [4.78, 5) is 15.0. The van der Waals surface area contributed by atoms with Crippen LogP contribution in [0.4, 0.5) is 23.7 Å². The van der Waals surface area contributed by atoms with Crippen molar-refractivity contribution in [2.24, 2.45) is 0 Å². The maximum Gasteiger partial charge on any atom is 0.416 e. The van der Waals surface area contributed by atoms with E-state index in [-0.39, 0.29) is 6.04 Å². The number of carboxylic acid groups (broad SMARTS) is 1. The Morgan fingerprint density at radius 2 is 1.79 bits per heavy atom. The van der Waals surface area contributed by atoms with Gasteiger partial charge in [0.2, 0.25) is 0 Å². The number of piperidine rings is 1. The van der Waals surface area contributed by atoms with Crippen LogP contribution in [0.5, 0.6) is 0 Å². The van der Waals surface area contributed by atoms with Gasteiger partial charge in [-0.1, -0.05) is 0 Å². The van der Waals surface area contributed by atoms with Crippen molar-refractivity contribution in [2.45, 2.75) is 51.4 Å². The van der Waals surface area contributed by atoms with Gasteiger partial charge >= 0.3 is 12.3 Å². The number of hydrogen-bond acceptors (Lipinski definition) is 2. The summed E-state index contributed by atoms with van der Waals surface area (Å²) in [5, 5.41) is 9.53. The Balaban J connectivity index is 2.17. The zero-order valence-corrected chi connectivity index (χ0v) is 14.1. The molecule has 1 amide bonds. The highest BCUT2D eigenvalue weighted by Gasteiger charge is 2.36. The van der Waals surface area contributed by atoms with Gasteiger partial charge in [-0.05, 0) is 57.9 Å². The van der Waals surface area contributed by atoms with Crippen LogP contribution in [-0.2, 0) is 6.18 Å². The number of hydrogen-bond donors (Lipinski definition) is 1. The van der Waals surface area contributed by atoms with E-state index < -0.39 is 23.4 Å². The molecule has 1 N–H and O–H groups in total. The number of rotatable bonds is 2. The zero-order valence-electron chi connectivity index (χ0n) is 14.1. The van der Waals surface area contributed by atoms with E-state index in [2.05, 4.69) is 0 Å². The molecule has 24 heavy (non-hydrogen) atoms. The monoisotopic (exact) mass is 344 g/mol. The van der Waals surface area contributed by atoms with Crippen molar-refractivity contribution in [1.82, 2.24) is 4.90 Å². The van der Waals surface area contributed by atoms with Crippen LogP contribution in [0.15, 0.2) is 24.3 Å². The van der Waals surface area contributed by atoms with Crippen molar-refractivity contribution in [3.05, 3.63) is 29.8 Å². The molecule has 4 nitrogen and oxygen atoms in total. The standard InChI is InChI=1S/C17H23F3N2O2/c1-16(2,3)22(15(23)24)14-5-4-10-21(11-14)13-8-6-12(7-9-13)17(18,19)20/h6-9,14H,4-5,10-11H2,1-3H3,(H,23,24). The first-order chi connectivity index (χ1) is 11.0. The van der Waals surface area contributed by atoms with E-state index in [4.69, 9.17) is 0 Å². The summed E-state index contributed by atoms with van der Waals surface area (Å²) in [6.45, 7) is 6.73. The molecule has 1 heterocycles. The van der Waals surface area contributed by atoms with Crippen LogP contribution in [0, 0.1) is 0 Å². The van der Waals surface area contributed by atoms with Crippen molar-refractivity contribution >= 4 is 11.8 Å². The molecule has 1 saturated heterocycles. The van der Waals surface area contributed by atoms with E-state index in [9.17, 15) is 23.1 Å². The predicted octanol–water partition coefficient (Wildman–Crippen LogP) is 4.45. The molecule has 0 bridgehead atoms. The molecule has 1 aliphatic rings. The summed E-state index contributed by atoms with van der Waals surface area (Å²) < 4.78 is 38.0. The number of amides is 1. The lowest BCUT2D eigenvalue weighted by molar-refractivity contribution is -0.137. The summed E-state index contributed by atoms with van der Waals surface area (Å²) in [5.41, 5.74) is -0.520. The van der Waals surface area contributed by atoms with Gasteiger partial charge in [0.25, 0.3) is 0 Å². The molecule has 0 aliphatic carbocycles. The second kappa shape index (κ2) is 6.53. The second-order valence-corrected chi connectivity index (χ2v) is 7.11. The Morgan fingerprint density at radius 3 is 2.25 bits per heavy atom. The lowest BCUT2D eigenvalue weighted by Gasteiger charge is -2.44. The third-order valence-corrected chi connectivity index (χ3v) is 4.25. The Bertz CT molecular complexity index is 579. The first kappa shape index (κ1) is 18.4. The molecule has 1 atom stereocenters. The third kappa shape index (κ3) is 4.13. The van der Waals surface area contributed by atoms with Crippen LogP contribution in [0.25, 0.3) is 0 Å². The number of benzene rings is 1. The van der Waals surface area contributed by atoms with E-state index in [1.54, 1.807) is 0 Å². The van der Waals surface area contributed by atoms with Gasteiger partial charge in [-0.15, -0.1) is 0 Å². The molecule has 0 aromatic heterocycles. The van der Waals surface area contributed by atoms with Crippen LogP contribution in [0.1, 0.15) is 39.2 Å². The third-order valence-electron chi connectivity index (χ3n) is 4.25. The highest BCUT2D eigenvalue weighted by molar-refractivity contribution is 5.66. The average Bonchev–Trinajstić information content (AvgIpc) is 2.45. The van der Waals surface area contributed by atoms with Gasteiger partial charge in [0.1, 0.15) is 0 Å². The van der Waals surface area contributed by atoms with E-state index in [1.807, 2.05) is 25.7 Å². The Hall–Kier alpha value is -1.92. The maximum atomic E-state index is 12.7. The number of nitrogens with zero attached hydrogens (tertiary/aromatic N) is 2. The van der Waals surface area contributed by atoms with Crippen LogP contribution < -0.4 is 4.90 Å². The maximum absolute atomic E-state index is 12.7. The minimum absolute atomic E-state index is 0.182. The number of anilines is 1. The molecule has 1 unspecified atom stereocenters. The van der Waals surface area contributed by atoms with Gasteiger partial charge in [-0.25, -0.2) is 4.79 Å². The van der Waals surface area contributed by atoms with Gasteiger partial charge < -0.3 is 10.0 Å². The molecule has 0 radical (unpaired) electrons. The normalized spacial score (nSPS) is 19.2. The molecule has 1 aromatic rings. The van der Waals surface area contributed by atoms with Crippen molar-refractivity contribution in [3.8, 4) is 0 Å². The average molecular weight is 344 g/mol. The summed E-state index contributed by atoms with van der Waals surface area (Å²) in [5.74, 6) is 0. The molecular weight excluding hydrogens is 321 g/mol. The molecule has 1 aromatic carbocycles. The number of halogens is 3. The van der Waals surface area contributed by atoms with Crippen LogP contribution in [-0.4, -0.2) is 40.8 Å². The first-order valence-corrected chi connectivity index (χ1v) is 7.94. The number of alkyl halides is 3. The van der Waals surface area contributed by atoms with Gasteiger partial charge in [0.15, 0.2) is 0 Å². The quantitative estimate of drug-likeness (QED) is 0.862. The lowest BCUT2D eigenvalue weighted by Crippen LogP contribution is -2.56. The highest BCUT2D eigenvalue weighted by atomic mass is 19.4. The molecule has 1 fully saturated rings. The minimum Gasteiger partial charge on any atom is -0.465 e. The molecule has 0 spiro atoms. The van der Waals surface area contributed by atoms with Crippen molar-refractivity contribution in [2.75, 3.05) is 18.0 Å². The minimum atomic E-state index is -4.35. The fourth-order valence-electron chi connectivity index (χ4n) is 3.25. The van der Waals surface area contributed by atoms with Gasteiger partial charge in [-0.2, -0.15) is 13.2 Å². The molecule has 2 rings (SSSR count). The molecule has 7 heteroatoms. The lowest BCUT2D eigenvalue weighted by atomic mass is 9.97. The molecule has 0 saturated carbocycles.